The summed E-state index contributed by atoms with van der Waals surface area (Å²) in [6.45, 7) is 1.50. The molecule has 1 aromatic carbocycles. The number of hydrogen-bond donors (Lipinski definition) is 2. The molecule has 2 heterocycles. The predicted molar refractivity (Wildman–Crippen MR) is 76.5 cm³/mol. The summed E-state index contributed by atoms with van der Waals surface area (Å²) >= 11 is 0. The third-order valence-electron chi connectivity index (χ3n) is 3.47. The van der Waals surface area contributed by atoms with Crippen LogP contribution in [0.3, 0.4) is 0 Å². The van der Waals surface area contributed by atoms with Gasteiger partial charge in [0.15, 0.2) is 0 Å². The molecule has 0 spiro atoms. The van der Waals surface area contributed by atoms with Crippen LogP contribution in [-0.4, -0.2) is 36.6 Å². The standard InChI is InChI=1S/C13H14N4O3S/c14-21(19,20)12-5-15-13(16-6-12)17-7-10(8-17)9-1-3-11(18)4-2-9/h1-6,10,18H,7-8H2,(H2,14,19,20). The van der Waals surface area contributed by atoms with Gasteiger partial charge in [-0.3, -0.25) is 0 Å². The zero-order valence-electron chi connectivity index (χ0n) is 11.0. The van der Waals surface area contributed by atoms with Crippen LogP contribution < -0.4 is 10.0 Å². The summed E-state index contributed by atoms with van der Waals surface area (Å²) in [6.07, 6.45) is 2.43. The Balaban J connectivity index is 1.67. The summed E-state index contributed by atoms with van der Waals surface area (Å²) in [4.78, 5) is 9.90. The van der Waals surface area contributed by atoms with Crippen molar-refractivity contribution in [1.82, 2.24) is 9.97 Å². The summed E-state index contributed by atoms with van der Waals surface area (Å²) in [5.74, 6) is 1.08. The molecule has 21 heavy (non-hydrogen) atoms. The van der Waals surface area contributed by atoms with Crippen LogP contribution in [0.25, 0.3) is 0 Å². The molecule has 1 aliphatic rings. The summed E-state index contributed by atoms with van der Waals surface area (Å²) in [5.41, 5.74) is 1.14. The number of hydrogen-bond acceptors (Lipinski definition) is 6. The van der Waals surface area contributed by atoms with Crippen molar-refractivity contribution >= 4 is 16.0 Å². The lowest BCUT2D eigenvalue weighted by atomic mass is 9.92. The van der Waals surface area contributed by atoms with E-state index < -0.39 is 10.0 Å². The maximum absolute atomic E-state index is 11.1. The number of phenolic OH excluding ortho intramolecular Hbond substituents is 1. The number of nitrogens with two attached hydrogens (primary N) is 1. The molecule has 0 amide bonds. The quantitative estimate of drug-likeness (QED) is 0.851. The molecule has 3 rings (SSSR count). The number of nitrogens with zero attached hydrogens (tertiary/aromatic N) is 3. The normalized spacial score (nSPS) is 15.8. The largest absolute Gasteiger partial charge is 0.508 e. The van der Waals surface area contributed by atoms with Gasteiger partial charge >= 0.3 is 0 Å². The molecule has 1 saturated heterocycles. The minimum atomic E-state index is -3.76. The van der Waals surface area contributed by atoms with Gasteiger partial charge < -0.3 is 10.0 Å². The molecule has 0 bridgehead atoms. The van der Waals surface area contributed by atoms with Gasteiger partial charge in [0.25, 0.3) is 0 Å². The van der Waals surface area contributed by atoms with Gasteiger partial charge in [-0.25, -0.2) is 23.5 Å². The summed E-state index contributed by atoms with van der Waals surface area (Å²) in [7, 11) is -3.76. The molecule has 0 atom stereocenters. The maximum Gasteiger partial charge on any atom is 0.241 e. The van der Waals surface area contributed by atoms with Crippen molar-refractivity contribution in [2.45, 2.75) is 10.8 Å². The lowest BCUT2D eigenvalue weighted by Gasteiger charge is -2.39. The number of sulfonamides is 1. The van der Waals surface area contributed by atoms with Gasteiger partial charge in [-0.2, -0.15) is 0 Å². The second-order valence-corrected chi connectivity index (χ2v) is 6.52. The van der Waals surface area contributed by atoms with E-state index in [1.165, 1.54) is 12.4 Å². The van der Waals surface area contributed by atoms with Gasteiger partial charge in [0.2, 0.25) is 16.0 Å². The number of phenols is 1. The van der Waals surface area contributed by atoms with Gasteiger partial charge in [0.05, 0.1) is 12.4 Å². The molecule has 8 heteroatoms. The summed E-state index contributed by atoms with van der Waals surface area (Å²) in [6, 6.07) is 7.11. The molecule has 110 valence electrons. The van der Waals surface area contributed by atoms with E-state index in [1.807, 2.05) is 17.0 Å². The molecular weight excluding hydrogens is 292 g/mol. The van der Waals surface area contributed by atoms with E-state index in [0.717, 1.165) is 18.7 Å². The third-order valence-corrected chi connectivity index (χ3v) is 4.34. The van der Waals surface area contributed by atoms with Crippen LogP contribution in [-0.2, 0) is 10.0 Å². The van der Waals surface area contributed by atoms with Gasteiger partial charge in [0, 0.05) is 19.0 Å². The highest BCUT2D eigenvalue weighted by atomic mass is 32.2. The van der Waals surface area contributed by atoms with E-state index in [1.54, 1.807) is 12.1 Å². The monoisotopic (exact) mass is 306 g/mol. The molecule has 0 aliphatic carbocycles. The lowest BCUT2D eigenvalue weighted by Crippen LogP contribution is -2.45. The highest BCUT2D eigenvalue weighted by Crippen LogP contribution is 2.30. The molecule has 0 unspecified atom stereocenters. The van der Waals surface area contributed by atoms with Gasteiger partial charge in [-0.1, -0.05) is 12.1 Å². The lowest BCUT2D eigenvalue weighted by molar-refractivity contribution is 0.473. The van der Waals surface area contributed by atoms with Crippen molar-refractivity contribution in [2.75, 3.05) is 18.0 Å². The second kappa shape index (κ2) is 4.97. The zero-order chi connectivity index (χ0) is 15.0. The average Bonchev–Trinajstić information content (AvgIpc) is 2.39. The fourth-order valence-corrected chi connectivity index (χ4v) is 2.62. The average molecular weight is 306 g/mol. The highest BCUT2D eigenvalue weighted by Gasteiger charge is 2.30. The Bertz CT molecular complexity index is 738. The second-order valence-electron chi connectivity index (χ2n) is 4.96. The Morgan fingerprint density at radius 2 is 1.71 bits per heavy atom. The highest BCUT2D eigenvalue weighted by molar-refractivity contribution is 7.89. The van der Waals surface area contributed by atoms with E-state index in [4.69, 9.17) is 5.14 Å². The van der Waals surface area contributed by atoms with E-state index in [9.17, 15) is 13.5 Å². The smallest absolute Gasteiger partial charge is 0.241 e. The zero-order valence-corrected chi connectivity index (χ0v) is 11.9. The summed E-state index contributed by atoms with van der Waals surface area (Å²) < 4.78 is 22.3. The Morgan fingerprint density at radius 3 is 2.24 bits per heavy atom. The first kappa shape index (κ1) is 13.8. The Morgan fingerprint density at radius 1 is 1.14 bits per heavy atom. The van der Waals surface area contributed by atoms with Crippen molar-refractivity contribution in [2.24, 2.45) is 5.14 Å². The van der Waals surface area contributed by atoms with Gasteiger partial charge in [-0.15, -0.1) is 0 Å². The van der Waals surface area contributed by atoms with Crippen LogP contribution in [0.15, 0.2) is 41.6 Å². The number of anilines is 1. The fraction of sp³-hybridized carbons (Fsp3) is 0.231. The molecule has 1 aromatic heterocycles. The molecule has 3 N–H and O–H groups in total. The first-order chi connectivity index (χ1) is 9.93. The Hall–Kier alpha value is -2.19. The van der Waals surface area contributed by atoms with E-state index in [-0.39, 0.29) is 10.6 Å². The van der Waals surface area contributed by atoms with Crippen molar-refractivity contribution in [3.05, 3.63) is 42.2 Å². The van der Waals surface area contributed by atoms with Crippen LogP contribution in [0.2, 0.25) is 0 Å². The number of aromatic hydroxyl groups is 1. The number of rotatable bonds is 3. The van der Waals surface area contributed by atoms with Crippen molar-refractivity contribution < 1.29 is 13.5 Å². The summed E-state index contributed by atoms with van der Waals surface area (Å²) in [5, 5.41) is 14.3. The van der Waals surface area contributed by atoms with Crippen LogP contribution >= 0.6 is 0 Å². The van der Waals surface area contributed by atoms with Crippen molar-refractivity contribution in [1.29, 1.82) is 0 Å². The van der Waals surface area contributed by atoms with Crippen LogP contribution in [0.4, 0.5) is 5.95 Å². The molecule has 1 fully saturated rings. The SMILES string of the molecule is NS(=O)(=O)c1cnc(N2CC(c3ccc(O)cc3)C2)nc1. The first-order valence-electron chi connectivity index (χ1n) is 6.32. The van der Waals surface area contributed by atoms with Crippen LogP contribution in [0, 0.1) is 0 Å². The molecular formula is C13H14N4O3S. The van der Waals surface area contributed by atoms with Gasteiger partial charge in [-0.05, 0) is 17.7 Å². The molecule has 0 saturated carbocycles. The molecule has 7 nitrogen and oxygen atoms in total. The minimum Gasteiger partial charge on any atom is -0.508 e. The van der Waals surface area contributed by atoms with Crippen molar-refractivity contribution in [3.63, 3.8) is 0 Å². The van der Waals surface area contributed by atoms with E-state index >= 15 is 0 Å². The minimum absolute atomic E-state index is 0.0955. The third kappa shape index (κ3) is 2.81. The van der Waals surface area contributed by atoms with Crippen LogP contribution in [0.5, 0.6) is 5.75 Å². The number of benzene rings is 1. The first-order valence-corrected chi connectivity index (χ1v) is 7.87. The van der Waals surface area contributed by atoms with E-state index in [0.29, 0.717) is 11.9 Å². The fourth-order valence-electron chi connectivity index (χ4n) is 2.22. The number of primary sulfonamides is 1. The van der Waals surface area contributed by atoms with Crippen LogP contribution in [0.1, 0.15) is 11.5 Å². The Kier molecular flexibility index (Phi) is 3.26. The van der Waals surface area contributed by atoms with E-state index in [2.05, 4.69) is 9.97 Å². The predicted octanol–water partition coefficient (Wildman–Crippen LogP) is 0.433. The molecule has 0 radical (unpaired) electrons. The maximum atomic E-state index is 11.1. The van der Waals surface area contributed by atoms with Crippen molar-refractivity contribution in [3.8, 4) is 5.75 Å². The molecule has 2 aromatic rings. The topological polar surface area (TPSA) is 109 Å². The molecule has 1 aliphatic heterocycles. The Labute approximate surface area is 122 Å². The van der Waals surface area contributed by atoms with Gasteiger partial charge in [0.1, 0.15) is 10.6 Å². The number of aromatic nitrogens is 2.